The van der Waals surface area contributed by atoms with E-state index in [-0.39, 0.29) is 5.75 Å². The average Bonchev–Trinajstić information content (AvgIpc) is 2.38. The Bertz CT molecular complexity index is 590. The van der Waals surface area contributed by atoms with Crippen LogP contribution in [0.5, 0.6) is 5.75 Å². The molecule has 0 aromatic heterocycles. The van der Waals surface area contributed by atoms with Crippen molar-refractivity contribution in [2.75, 3.05) is 7.11 Å². The van der Waals surface area contributed by atoms with E-state index in [0.29, 0.717) is 11.1 Å². The third kappa shape index (κ3) is 2.86. The summed E-state index contributed by atoms with van der Waals surface area (Å²) in [6, 6.07) is 8.79. The second-order valence-electron chi connectivity index (χ2n) is 3.93. The van der Waals surface area contributed by atoms with E-state index < -0.39 is 17.6 Å². The van der Waals surface area contributed by atoms with E-state index in [4.69, 9.17) is 4.74 Å². The molecule has 2 aromatic carbocycles. The zero-order valence-corrected chi connectivity index (χ0v) is 9.96. The van der Waals surface area contributed by atoms with Gasteiger partial charge in [-0.05, 0) is 35.4 Å². The Morgan fingerprint density at radius 3 is 2.26 bits per heavy atom. The highest BCUT2D eigenvalue weighted by Crippen LogP contribution is 2.33. The van der Waals surface area contributed by atoms with Gasteiger partial charge in [0.1, 0.15) is 0 Å². The summed E-state index contributed by atoms with van der Waals surface area (Å²) in [5.74, 6) is -0.562. The molecule has 0 amide bonds. The third-order valence-corrected chi connectivity index (χ3v) is 2.67. The molecule has 0 atom stereocenters. The maximum Gasteiger partial charge on any atom is 0.416 e. The molecule has 0 unspecified atom stereocenters. The fourth-order valence-electron chi connectivity index (χ4n) is 1.71. The van der Waals surface area contributed by atoms with Crippen molar-refractivity contribution in [2.24, 2.45) is 0 Å². The number of alkyl halides is 3. The SMILES string of the molecule is COc1cc(-c2cccc(C(F)(F)F)c2)ccc1F. The summed E-state index contributed by atoms with van der Waals surface area (Å²) in [6.45, 7) is 0. The molecule has 0 aliphatic heterocycles. The van der Waals surface area contributed by atoms with Gasteiger partial charge < -0.3 is 4.74 Å². The first kappa shape index (κ1) is 13.4. The lowest BCUT2D eigenvalue weighted by Crippen LogP contribution is -2.04. The van der Waals surface area contributed by atoms with E-state index in [1.165, 1.54) is 31.4 Å². The molecule has 0 aliphatic rings. The van der Waals surface area contributed by atoms with Gasteiger partial charge in [-0.25, -0.2) is 4.39 Å². The van der Waals surface area contributed by atoms with Crippen molar-refractivity contribution in [3.8, 4) is 16.9 Å². The molecule has 19 heavy (non-hydrogen) atoms. The summed E-state index contributed by atoms with van der Waals surface area (Å²) in [4.78, 5) is 0. The van der Waals surface area contributed by atoms with Crippen molar-refractivity contribution in [3.63, 3.8) is 0 Å². The Kier molecular flexibility index (Phi) is 3.46. The first-order valence-corrected chi connectivity index (χ1v) is 5.43. The fraction of sp³-hybridized carbons (Fsp3) is 0.143. The van der Waals surface area contributed by atoms with Gasteiger partial charge in [-0.15, -0.1) is 0 Å². The van der Waals surface area contributed by atoms with E-state index in [2.05, 4.69) is 0 Å². The Labute approximate surface area is 107 Å². The van der Waals surface area contributed by atoms with Crippen LogP contribution in [-0.2, 0) is 6.18 Å². The quantitative estimate of drug-likeness (QED) is 0.729. The largest absolute Gasteiger partial charge is 0.494 e. The van der Waals surface area contributed by atoms with Crippen LogP contribution in [0.1, 0.15) is 5.56 Å². The molecule has 0 aliphatic carbocycles. The molecule has 0 saturated heterocycles. The Morgan fingerprint density at radius 2 is 1.63 bits per heavy atom. The topological polar surface area (TPSA) is 9.23 Å². The molecule has 0 heterocycles. The standard InChI is InChI=1S/C14H10F4O/c1-19-13-8-10(5-6-12(13)15)9-3-2-4-11(7-9)14(16,17)18/h2-8H,1H3. The van der Waals surface area contributed by atoms with Crippen LogP contribution < -0.4 is 4.74 Å². The van der Waals surface area contributed by atoms with Crippen LogP contribution in [0, 0.1) is 5.82 Å². The molecule has 0 fully saturated rings. The third-order valence-electron chi connectivity index (χ3n) is 2.67. The van der Waals surface area contributed by atoms with Gasteiger partial charge in [0.05, 0.1) is 12.7 Å². The van der Waals surface area contributed by atoms with E-state index in [1.54, 1.807) is 0 Å². The number of ether oxygens (including phenoxy) is 1. The molecule has 100 valence electrons. The normalized spacial score (nSPS) is 11.4. The molecule has 5 heteroatoms. The van der Waals surface area contributed by atoms with Crippen LogP contribution in [0.2, 0.25) is 0 Å². The fourth-order valence-corrected chi connectivity index (χ4v) is 1.71. The highest BCUT2D eigenvalue weighted by molar-refractivity contribution is 5.66. The van der Waals surface area contributed by atoms with Crippen molar-refractivity contribution in [1.29, 1.82) is 0 Å². The highest BCUT2D eigenvalue weighted by Gasteiger charge is 2.30. The van der Waals surface area contributed by atoms with E-state index in [9.17, 15) is 17.6 Å². The minimum Gasteiger partial charge on any atom is -0.494 e. The summed E-state index contributed by atoms with van der Waals surface area (Å²) in [5.41, 5.74) is 0.0748. The lowest BCUT2D eigenvalue weighted by molar-refractivity contribution is -0.137. The van der Waals surface area contributed by atoms with Gasteiger partial charge in [0, 0.05) is 0 Å². The van der Waals surface area contributed by atoms with Gasteiger partial charge in [-0.2, -0.15) is 13.2 Å². The van der Waals surface area contributed by atoms with Gasteiger partial charge >= 0.3 is 6.18 Å². The summed E-state index contributed by atoms with van der Waals surface area (Å²) in [7, 11) is 1.30. The zero-order chi connectivity index (χ0) is 14.0. The number of halogens is 4. The molecular weight excluding hydrogens is 260 g/mol. The molecule has 0 bridgehead atoms. The molecule has 0 N–H and O–H groups in total. The lowest BCUT2D eigenvalue weighted by Gasteiger charge is -2.10. The summed E-state index contributed by atoms with van der Waals surface area (Å²) in [5, 5.41) is 0. The maximum atomic E-state index is 13.2. The van der Waals surface area contributed by atoms with Crippen LogP contribution in [-0.4, -0.2) is 7.11 Å². The molecule has 2 aromatic rings. The zero-order valence-electron chi connectivity index (χ0n) is 9.96. The number of methoxy groups -OCH3 is 1. The van der Waals surface area contributed by atoms with E-state index in [1.807, 2.05) is 0 Å². The van der Waals surface area contributed by atoms with Gasteiger partial charge in [0.25, 0.3) is 0 Å². The van der Waals surface area contributed by atoms with E-state index >= 15 is 0 Å². The number of hydrogen-bond donors (Lipinski definition) is 0. The molecule has 1 nitrogen and oxygen atoms in total. The Balaban J connectivity index is 2.47. The van der Waals surface area contributed by atoms with Crippen LogP contribution in [0.4, 0.5) is 17.6 Å². The van der Waals surface area contributed by atoms with Crippen molar-refractivity contribution in [1.82, 2.24) is 0 Å². The van der Waals surface area contributed by atoms with Gasteiger partial charge in [0.15, 0.2) is 11.6 Å². The molecule has 0 saturated carbocycles. The minimum atomic E-state index is -4.40. The predicted molar refractivity (Wildman–Crippen MR) is 63.4 cm³/mol. The van der Waals surface area contributed by atoms with Crippen LogP contribution in [0.15, 0.2) is 42.5 Å². The predicted octanol–water partition coefficient (Wildman–Crippen LogP) is 4.52. The second-order valence-corrected chi connectivity index (χ2v) is 3.93. The van der Waals surface area contributed by atoms with Crippen molar-refractivity contribution < 1.29 is 22.3 Å². The first-order valence-electron chi connectivity index (χ1n) is 5.43. The van der Waals surface area contributed by atoms with Crippen LogP contribution in [0.3, 0.4) is 0 Å². The summed E-state index contributed by atoms with van der Waals surface area (Å²) in [6.07, 6.45) is -4.40. The van der Waals surface area contributed by atoms with Crippen LogP contribution in [0.25, 0.3) is 11.1 Å². The summed E-state index contributed by atoms with van der Waals surface area (Å²) >= 11 is 0. The first-order chi connectivity index (χ1) is 8.91. The molecule has 0 radical (unpaired) electrons. The smallest absolute Gasteiger partial charge is 0.416 e. The van der Waals surface area contributed by atoms with Crippen molar-refractivity contribution in [2.45, 2.75) is 6.18 Å². The van der Waals surface area contributed by atoms with Gasteiger partial charge in [-0.3, -0.25) is 0 Å². The summed E-state index contributed by atoms with van der Waals surface area (Å²) < 4.78 is 55.9. The molecule has 0 spiro atoms. The number of rotatable bonds is 2. The van der Waals surface area contributed by atoms with Crippen LogP contribution >= 0.6 is 0 Å². The minimum absolute atomic E-state index is 0.00471. The maximum absolute atomic E-state index is 13.2. The van der Waals surface area contributed by atoms with Crippen molar-refractivity contribution >= 4 is 0 Å². The van der Waals surface area contributed by atoms with Crippen molar-refractivity contribution in [3.05, 3.63) is 53.8 Å². The molecule has 2 rings (SSSR count). The Morgan fingerprint density at radius 1 is 0.947 bits per heavy atom. The average molecular weight is 270 g/mol. The lowest BCUT2D eigenvalue weighted by atomic mass is 10.0. The monoisotopic (exact) mass is 270 g/mol. The number of hydrogen-bond acceptors (Lipinski definition) is 1. The van der Waals surface area contributed by atoms with Gasteiger partial charge in [-0.1, -0.05) is 18.2 Å². The molecular formula is C14H10F4O. The highest BCUT2D eigenvalue weighted by atomic mass is 19.4. The van der Waals surface area contributed by atoms with Gasteiger partial charge in [0.2, 0.25) is 0 Å². The second kappa shape index (κ2) is 4.91. The van der Waals surface area contributed by atoms with E-state index in [0.717, 1.165) is 18.2 Å². The number of benzene rings is 2. The Hall–Kier alpha value is -2.04.